The van der Waals surface area contributed by atoms with E-state index in [1.165, 1.54) is 25.7 Å². The Morgan fingerprint density at radius 1 is 1.32 bits per heavy atom. The van der Waals surface area contributed by atoms with E-state index in [0.717, 1.165) is 25.9 Å². The quantitative estimate of drug-likeness (QED) is 0.907. The fourth-order valence-electron chi connectivity index (χ4n) is 3.37. The summed E-state index contributed by atoms with van der Waals surface area (Å²) in [5.41, 5.74) is 0.492. The molecule has 2 fully saturated rings. The van der Waals surface area contributed by atoms with Gasteiger partial charge in [0, 0.05) is 25.7 Å². The number of benzene rings is 1. The van der Waals surface area contributed by atoms with Crippen LogP contribution in [0, 0.1) is 11.2 Å². The summed E-state index contributed by atoms with van der Waals surface area (Å²) in [5.74, 6) is -0.295. The van der Waals surface area contributed by atoms with E-state index in [1.807, 2.05) is 0 Å². The fourth-order valence-corrected chi connectivity index (χ4v) is 3.37. The first kappa shape index (κ1) is 17.0. The number of methoxy groups -OCH3 is 1. The highest BCUT2D eigenvalue weighted by atomic mass is 35.5. The number of hydrogen-bond acceptors (Lipinski definition) is 3. The van der Waals surface area contributed by atoms with E-state index in [0.29, 0.717) is 24.3 Å². The van der Waals surface area contributed by atoms with Crippen molar-refractivity contribution in [3.05, 3.63) is 29.6 Å². The average molecular weight is 329 g/mol. The van der Waals surface area contributed by atoms with Crippen LogP contribution in [0.1, 0.15) is 29.6 Å². The molecule has 0 bridgehead atoms. The predicted molar refractivity (Wildman–Crippen MR) is 85.3 cm³/mol. The molecule has 4 nitrogen and oxygen atoms in total. The van der Waals surface area contributed by atoms with Crippen molar-refractivity contribution in [1.29, 1.82) is 0 Å². The largest absolute Gasteiger partial charge is 0.497 e. The summed E-state index contributed by atoms with van der Waals surface area (Å²) >= 11 is 0. The van der Waals surface area contributed by atoms with Crippen LogP contribution in [0.15, 0.2) is 18.2 Å². The van der Waals surface area contributed by atoms with E-state index in [-0.39, 0.29) is 23.9 Å². The molecule has 2 aliphatic heterocycles. The lowest BCUT2D eigenvalue weighted by molar-refractivity contribution is 0.0603. The first-order valence-electron chi connectivity index (χ1n) is 7.47. The van der Waals surface area contributed by atoms with E-state index in [2.05, 4.69) is 5.32 Å². The molecule has 1 N–H and O–H groups in total. The molecular weight excluding hydrogens is 307 g/mol. The molecule has 2 heterocycles. The Morgan fingerprint density at radius 2 is 2.05 bits per heavy atom. The summed E-state index contributed by atoms with van der Waals surface area (Å²) in [7, 11) is 1.48. The van der Waals surface area contributed by atoms with Crippen LogP contribution < -0.4 is 10.1 Å². The van der Waals surface area contributed by atoms with Gasteiger partial charge in [-0.1, -0.05) is 0 Å². The second-order valence-corrected chi connectivity index (χ2v) is 6.06. The van der Waals surface area contributed by atoms with Crippen LogP contribution in [-0.4, -0.2) is 44.1 Å². The topological polar surface area (TPSA) is 41.6 Å². The standard InChI is InChI=1S/C16H21FN2O2.ClH/c1-21-12-2-3-13(14(17)10-12)15(20)19-8-5-16(6-9-19)4-7-18-11-16;/h2-3,10,18H,4-9,11H2,1H3;1H. The molecule has 0 aromatic heterocycles. The van der Waals surface area contributed by atoms with Crippen molar-refractivity contribution in [3.8, 4) is 5.75 Å². The first-order valence-corrected chi connectivity index (χ1v) is 7.47. The summed E-state index contributed by atoms with van der Waals surface area (Å²) in [5, 5.41) is 3.40. The maximum Gasteiger partial charge on any atom is 0.256 e. The number of piperidine rings is 1. The Kier molecular flexibility index (Phi) is 5.29. The zero-order valence-corrected chi connectivity index (χ0v) is 13.5. The second kappa shape index (κ2) is 6.84. The maximum absolute atomic E-state index is 14.0. The van der Waals surface area contributed by atoms with Gasteiger partial charge in [-0.05, 0) is 43.4 Å². The Hall–Kier alpha value is -1.33. The number of nitrogens with zero attached hydrogens (tertiary/aromatic N) is 1. The number of nitrogens with one attached hydrogen (secondary N) is 1. The van der Waals surface area contributed by atoms with Crippen molar-refractivity contribution in [2.75, 3.05) is 33.3 Å². The molecule has 1 amide bonds. The highest BCUT2D eigenvalue weighted by Crippen LogP contribution is 2.37. The number of ether oxygens (including phenoxy) is 1. The molecule has 22 heavy (non-hydrogen) atoms. The first-order chi connectivity index (χ1) is 10.1. The zero-order valence-electron chi connectivity index (χ0n) is 12.7. The van der Waals surface area contributed by atoms with Gasteiger partial charge in [-0.25, -0.2) is 4.39 Å². The predicted octanol–water partition coefficient (Wildman–Crippen LogP) is 2.47. The molecule has 0 radical (unpaired) electrons. The van der Waals surface area contributed by atoms with E-state index < -0.39 is 5.82 Å². The highest BCUT2D eigenvalue weighted by Gasteiger charge is 2.38. The molecule has 3 rings (SSSR count). The van der Waals surface area contributed by atoms with Crippen LogP contribution in [0.4, 0.5) is 4.39 Å². The van der Waals surface area contributed by atoms with E-state index in [9.17, 15) is 9.18 Å². The molecule has 1 spiro atoms. The van der Waals surface area contributed by atoms with Gasteiger partial charge in [0.1, 0.15) is 11.6 Å². The molecular formula is C16H22ClFN2O2. The molecule has 2 saturated heterocycles. The van der Waals surface area contributed by atoms with Crippen LogP contribution in [-0.2, 0) is 0 Å². The highest BCUT2D eigenvalue weighted by molar-refractivity contribution is 5.94. The van der Waals surface area contributed by atoms with Gasteiger partial charge in [-0.3, -0.25) is 4.79 Å². The Morgan fingerprint density at radius 3 is 2.59 bits per heavy atom. The van der Waals surface area contributed by atoms with Gasteiger partial charge in [0.05, 0.1) is 12.7 Å². The number of rotatable bonds is 2. The Labute approximate surface area is 136 Å². The van der Waals surface area contributed by atoms with Crippen molar-refractivity contribution in [2.24, 2.45) is 5.41 Å². The molecule has 6 heteroatoms. The Balaban J connectivity index is 0.00000176. The maximum atomic E-state index is 14.0. The van der Waals surface area contributed by atoms with Gasteiger partial charge in [-0.15, -0.1) is 12.4 Å². The lowest BCUT2D eigenvalue weighted by atomic mass is 9.78. The Bertz CT molecular complexity index is 537. The summed E-state index contributed by atoms with van der Waals surface area (Å²) in [6.07, 6.45) is 3.19. The normalized spacial score (nSPS) is 19.8. The van der Waals surface area contributed by atoms with Crippen LogP contribution in [0.3, 0.4) is 0 Å². The van der Waals surface area contributed by atoms with E-state index in [4.69, 9.17) is 4.74 Å². The molecule has 0 atom stereocenters. The van der Waals surface area contributed by atoms with Crippen LogP contribution in [0.5, 0.6) is 5.75 Å². The lowest BCUT2D eigenvalue weighted by Crippen LogP contribution is -2.44. The summed E-state index contributed by atoms with van der Waals surface area (Å²) in [6.45, 7) is 3.55. The molecule has 1 aromatic rings. The average Bonchev–Trinajstić information content (AvgIpc) is 2.95. The number of carbonyl (C=O) groups excluding carboxylic acids is 1. The van der Waals surface area contributed by atoms with Crippen molar-refractivity contribution < 1.29 is 13.9 Å². The van der Waals surface area contributed by atoms with Gasteiger partial charge in [0.25, 0.3) is 5.91 Å². The van der Waals surface area contributed by atoms with E-state index >= 15 is 0 Å². The zero-order chi connectivity index (χ0) is 14.9. The third-order valence-corrected chi connectivity index (χ3v) is 4.85. The third-order valence-electron chi connectivity index (χ3n) is 4.85. The molecule has 1 aromatic carbocycles. The van der Waals surface area contributed by atoms with Crippen molar-refractivity contribution in [2.45, 2.75) is 19.3 Å². The molecule has 2 aliphatic rings. The van der Waals surface area contributed by atoms with Gasteiger partial charge in [0.15, 0.2) is 0 Å². The lowest BCUT2D eigenvalue weighted by Gasteiger charge is -2.38. The molecule has 0 unspecified atom stereocenters. The van der Waals surface area contributed by atoms with Gasteiger partial charge < -0.3 is 15.0 Å². The van der Waals surface area contributed by atoms with Crippen molar-refractivity contribution in [3.63, 3.8) is 0 Å². The van der Waals surface area contributed by atoms with Crippen molar-refractivity contribution in [1.82, 2.24) is 10.2 Å². The van der Waals surface area contributed by atoms with Gasteiger partial charge >= 0.3 is 0 Å². The SMILES string of the molecule is COc1ccc(C(=O)N2CCC3(CCNC3)CC2)c(F)c1.Cl. The third kappa shape index (κ3) is 3.20. The monoisotopic (exact) mass is 328 g/mol. The summed E-state index contributed by atoms with van der Waals surface area (Å²) < 4.78 is 19.0. The van der Waals surface area contributed by atoms with E-state index in [1.54, 1.807) is 11.0 Å². The molecule has 0 saturated carbocycles. The number of halogens is 2. The number of amides is 1. The minimum absolute atomic E-state index is 0. The number of likely N-dealkylation sites (tertiary alicyclic amines) is 1. The minimum atomic E-state index is -0.512. The van der Waals surface area contributed by atoms with Crippen LogP contribution >= 0.6 is 12.4 Å². The summed E-state index contributed by atoms with van der Waals surface area (Å²) in [6, 6.07) is 4.40. The second-order valence-electron chi connectivity index (χ2n) is 6.06. The van der Waals surface area contributed by atoms with Gasteiger partial charge in [-0.2, -0.15) is 0 Å². The summed E-state index contributed by atoms with van der Waals surface area (Å²) in [4.78, 5) is 14.2. The smallest absolute Gasteiger partial charge is 0.256 e. The van der Waals surface area contributed by atoms with Gasteiger partial charge in [0.2, 0.25) is 0 Å². The van der Waals surface area contributed by atoms with Crippen LogP contribution in [0.2, 0.25) is 0 Å². The molecule has 0 aliphatic carbocycles. The molecule has 122 valence electrons. The van der Waals surface area contributed by atoms with Crippen LogP contribution in [0.25, 0.3) is 0 Å². The number of hydrogen-bond donors (Lipinski definition) is 1. The number of carbonyl (C=O) groups is 1. The minimum Gasteiger partial charge on any atom is -0.497 e. The van der Waals surface area contributed by atoms with Crippen molar-refractivity contribution >= 4 is 18.3 Å². The fraction of sp³-hybridized carbons (Fsp3) is 0.562.